The van der Waals surface area contributed by atoms with Crippen molar-refractivity contribution in [2.75, 3.05) is 6.61 Å². The zero-order chi connectivity index (χ0) is 20.7. The largest absolute Gasteiger partial charge is 0.481 e. The third kappa shape index (κ3) is 6.34. The summed E-state index contributed by atoms with van der Waals surface area (Å²) in [4.78, 5) is 31.7. The number of rotatable bonds is 6. The number of carbonyl (C=O) groups is 3. The second kappa shape index (κ2) is 10.2. The maximum Gasteiger partial charge on any atom is 0.303 e. The van der Waals surface area contributed by atoms with E-state index in [-0.39, 0.29) is 42.1 Å². The van der Waals surface area contributed by atoms with Crippen molar-refractivity contribution < 1.29 is 33.7 Å². The number of carboxylic acid groups (broad SMARTS) is 1. The van der Waals surface area contributed by atoms with Gasteiger partial charge in [0, 0.05) is 26.7 Å². The third-order valence-corrected chi connectivity index (χ3v) is 5.04. The quantitative estimate of drug-likeness (QED) is 0.743. The first kappa shape index (κ1) is 21.9. The summed E-state index contributed by atoms with van der Waals surface area (Å²) in [6, 6.07) is 9.78. The fourth-order valence-electron chi connectivity index (χ4n) is 4.01. The maximum absolute atomic E-state index is 11.5. The lowest BCUT2D eigenvalue weighted by atomic mass is 9.76. The summed E-state index contributed by atoms with van der Waals surface area (Å²) in [6.07, 6.45) is 2.74. The average Bonchev–Trinajstić information content (AvgIpc) is 3.21. The van der Waals surface area contributed by atoms with Crippen molar-refractivity contribution in [2.24, 2.45) is 11.8 Å². The topological polar surface area (TPSA) is 99.1 Å². The monoisotopic (exact) mass is 392 g/mol. The van der Waals surface area contributed by atoms with Crippen LogP contribution < -0.4 is 0 Å². The molecule has 2 fully saturated rings. The highest BCUT2D eigenvalue weighted by atomic mass is 16.5. The Kier molecular flexibility index (Phi) is 7.99. The number of fused-ring (bicyclic) bond motifs is 2. The van der Waals surface area contributed by atoms with E-state index in [9.17, 15) is 9.59 Å². The molecule has 28 heavy (non-hydrogen) atoms. The number of hydrogen-bond acceptors (Lipinski definition) is 6. The van der Waals surface area contributed by atoms with Gasteiger partial charge < -0.3 is 19.3 Å². The second-order valence-corrected chi connectivity index (χ2v) is 7.18. The highest BCUT2D eigenvalue weighted by Crippen LogP contribution is 2.47. The first-order chi connectivity index (χ1) is 13.3. The standard InChI is InChI=1S/C19H24O5.C2H4O2/c1-12(20)22-11-16-15(17-8-9-18(16)24-17)10-19(23-13(2)21)14-6-4-3-5-7-14;1-2(3)4/h3-7,15-19H,8-11H2,1-2H3;1H3,(H,3,4)/t15-,16+,17?,18+,19-;/m0./s1. The summed E-state index contributed by atoms with van der Waals surface area (Å²) in [5.41, 5.74) is 0.988. The SMILES string of the molecule is CC(=O)O.CC(=O)OC[C@@H]1[C@H](C[C@H](OC(C)=O)c2ccccc2)C2CC[C@H]1O2. The third-order valence-electron chi connectivity index (χ3n) is 5.04. The van der Waals surface area contributed by atoms with Crippen molar-refractivity contribution in [2.45, 2.75) is 58.3 Å². The highest BCUT2D eigenvalue weighted by Gasteiger charge is 2.50. The van der Waals surface area contributed by atoms with Gasteiger partial charge in [-0.3, -0.25) is 14.4 Å². The van der Waals surface area contributed by atoms with Gasteiger partial charge >= 0.3 is 11.9 Å². The van der Waals surface area contributed by atoms with Gasteiger partial charge in [0.2, 0.25) is 0 Å². The summed E-state index contributed by atoms with van der Waals surface area (Å²) in [6.45, 7) is 4.32. The van der Waals surface area contributed by atoms with Crippen LogP contribution in [0.1, 0.15) is 51.7 Å². The summed E-state index contributed by atoms with van der Waals surface area (Å²) in [5.74, 6) is -0.984. The lowest BCUT2D eigenvalue weighted by molar-refractivity contribution is -0.148. The van der Waals surface area contributed by atoms with E-state index in [2.05, 4.69) is 0 Å². The van der Waals surface area contributed by atoms with Crippen molar-refractivity contribution in [1.29, 1.82) is 0 Å². The number of benzene rings is 1. The van der Waals surface area contributed by atoms with Gasteiger partial charge in [-0.15, -0.1) is 0 Å². The summed E-state index contributed by atoms with van der Waals surface area (Å²) >= 11 is 0. The Labute approximate surface area is 165 Å². The predicted octanol–water partition coefficient (Wildman–Crippen LogP) is 3.13. The lowest BCUT2D eigenvalue weighted by Gasteiger charge is -2.30. The van der Waals surface area contributed by atoms with Gasteiger partial charge in [-0.1, -0.05) is 30.3 Å². The summed E-state index contributed by atoms with van der Waals surface area (Å²) < 4.78 is 16.9. The molecule has 2 aliphatic rings. The zero-order valence-electron chi connectivity index (χ0n) is 16.5. The molecule has 7 nitrogen and oxygen atoms in total. The predicted molar refractivity (Wildman–Crippen MR) is 100 cm³/mol. The van der Waals surface area contributed by atoms with Gasteiger partial charge in [0.25, 0.3) is 5.97 Å². The van der Waals surface area contributed by atoms with Crippen LogP contribution in [0, 0.1) is 11.8 Å². The van der Waals surface area contributed by atoms with E-state index in [4.69, 9.17) is 24.1 Å². The van der Waals surface area contributed by atoms with Gasteiger partial charge in [-0.25, -0.2) is 0 Å². The van der Waals surface area contributed by atoms with Crippen molar-refractivity contribution >= 4 is 17.9 Å². The van der Waals surface area contributed by atoms with Crippen LogP contribution in [0.5, 0.6) is 0 Å². The molecule has 0 radical (unpaired) electrons. The Morgan fingerprint density at radius 3 is 2.14 bits per heavy atom. The molecule has 2 aliphatic heterocycles. The van der Waals surface area contributed by atoms with Crippen LogP contribution in [0.3, 0.4) is 0 Å². The Balaban J connectivity index is 0.000000640. The van der Waals surface area contributed by atoms with E-state index in [0.717, 1.165) is 25.3 Å². The molecule has 1 aromatic rings. The fraction of sp³-hybridized carbons (Fsp3) is 0.571. The van der Waals surface area contributed by atoms with E-state index >= 15 is 0 Å². The van der Waals surface area contributed by atoms with Gasteiger partial charge in [-0.05, 0) is 30.7 Å². The van der Waals surface area contributed by atoms with Crippen molar-refractivity contribution in [3.8, 4) is 0 Å². The van der Waals surface area contributed by atoms with E-state index in [0.29, 0.717) is 13.0 Å². The Morgan fingerprint density at radius 2 is 1.61 bits per heavy atom. The number of ether oxygens (including phenoxy) is 3. The highest BCUT2D eigenvalue weighted by molar-refractivity contribution is 5.66. The van der Waals surface area contributed by atoms with Gasteiger partial charge in [0.05, 0.1) is 18.8 Å². The van der Waals surface area contributed by atoms with Crippen LogP contribution in [0.4, 0.5) is 0 Å². The van der Waals surface area contributed by atoms with E-state index in [1.807, 2.05) is 30.3 Å². The molecule has 1 N–H and O–H groups in total. The van der Waals surface area contributed by atoms with Crippen molar-refractivity contribution in [3.05, 3.63) is 35.9 Å². The molecule has 5 atom stereocenters. The summed E-state index contributed by atoms with van der Waals surface area (Å²) in [7, 11) is 0. The zero-order valence-corrected chi connectivity index (χ0v) is 16.5. The Hall–Kier alpha value is -2.41. The number of hydrogen-bond donors (Lipinski definition) is 1. The maximum atomic E-state index is 11.5. The first-order valence-corrected chi connectivity index (χ1v) is 9.48. The molecule has 1 aromatic carbocycles. The van der Waals surface area contributed by atoms with Crippen LogP contribution in [0.15, 0.2) is 30.3 Å². The van der Waals surface area contributed by atoms with Crippen LogP contribution in [0.25, 0.3) is 0 Å². The number of carbonyl (C=O) groups excluding carboxylic acids is 2. The molecule has 0 amide bonds. The first-order valence-electron chi connectivity index (χ1n) is 9.48. The average molecular weight is 392 g/mol. The van der Waals surface area contributed by atoms with Crippen LogP contribution >= 0.6 is 0 Å². The fourth-order valence-corrected chi connectivity index (χ4v) is 4.01. The molecule has 0 saturated carbocycles. The summed E-state index contributed by atoms with van der Waals surface area (Å²) in [5, 5.41) is 7.42. The number of aliphatic carboxylic acids is 1. The minimum absolute atomic E-state index is 0.146. The second-order valence-electron chi connectivity index (χ2n) is 7.18. The molecule has 0 aliphatic carbocycles. The van der Waals surface area contributed by atoms with Crippen LogP contribution in [-0.4, -0.2) is 41.8 Å². The molecular formula is C21H28O7. The Bertz CT molecular complexity index is 669. The lowest BCUT2D eigenvalue weighted by Crippen LogP contribution is -2.33. The van der Waals surface area contributed by atoms with Crippen molar-refractivity contribution in [3.63, 3.8) is 0 Å². The molecular weight excluding hydrogens is 364 g/mol. The smallest absolute Gasteiger partial charge is 0.303 e. The molecule has 2 bridgehead atoms. The van der Waals surface area contributed by atoms with E-state index < -0.39 is 5.97 Å². The van der Waals surface area contributed by atoms with Crippen LogP contribution in [-0.2, 0) is 28.6 Å². The molecule has 2 saturated heterocycles. The van der Waals surface area contributed by atoms with Gasteiger partial charge in [0.15, 0.2) is 0 Å². The van der Waals surface area contributed by atoms with E-state index in [1.165, 1.54) is 13.8 Å². The molecule has 2 heterocycles. The van der Waals surface area contributed by atoms with Crippen LogP contribution in [0.2, 0.25) is 0 Å². The van der Waals surface area contributed by atoms with E-state index in [1.54, 1.807) is 0 Å². The molecule has 3 rings (SSSR count). The normalized spacial score (nSPS) is 26.0. The molecule has 7 heteroatoms. The molecule has 154 valence electrons. The van der Waals surface area contributed by atoms with Gasteiger partial charge in [-0.2, -0.15) is 0 Å². The number of carboxylic acids is 1. The molecule has 1 unspecified atom stereocenters. The minimum atomic E-state index is -0.833. The minimum Gasteiger partial charge on any atom is -0.481 e. The molecule has 0 aromatic heterocycles. The molecule has 0 spiro atoms. The Morgan fingerprint density at radius 1 is 1.04 bits per heavy atom. The van der Waals surface area contributed by atoms with Gasteiger partial charge in [0.1, 0.15) is 6.10 Å². The number of esters is 2. The van der Waals surface area contributed by atoms with Crippen molar-refractivity contribution in [1.82, 2.24) is 0 Å².